The van der Waals surface area contributed by atoms with Gasteiger partial charge in [0.15, 0.2) is 12.2 Å². The van der Waals surface area contributed by atoms with Gasteiger partial charge < -0.3 is 39.1 Å². The minimum atomic E-state index is -0.784. The number of benzene rings is 2. The van der Waals surface area contributed by atoms with E-state index < -0.39 is 36.3 Å². The van der Waals surface area contributed by atoms with E-state index in [-0.39, 0.29) is 26.4 Å². The summed E-state index contributed by atoms with van der Waals surface area (Å²) in [5.41, 5.74) is 1.86. The lowest BCUT2D eigenvalue weighted by molar-refractivity contribution is -0.142. The third-order valence-electron chi connectivity index (χ3n) is 8.37. The number of carbonyl (C=O) groups is 4. The number of hydrogen-bond donors (Lipinski definition) is 2. The molecule has 12 nitrogen and oxygen atoms in total. The molecule has 312 valence electrons. The molecule has 4 rings (SSSR count). The van der Waals surface area contributed by atoms with Crippen LogP contribution in [0.1, 0.15) is 64.0 Å². The molecule has 0 aromatic heterocycles. The van der Waals surface area contributed by atoms with Crippen molar-refractivity contribution in [2.24, 2.45) is 11.8 Å². The Bertz CT molecular complexity index is 1890. The highest BCUT2D eigenvalue weighted by Crippen LogP contribution is 2.43. The van der Waals surface area contributed by atoms with Crippen molar-refractivity contribution in [1.29, 1.82) is 0 Å². The molecule has 2 saturated carbocycles. The summed E-state index contributed by atoms with van der Waals surface area (Å²) < 4.78 is 31.3. The summed E-state index contributed by atoms with van der Waals surface area (Å²) in [5, 5.41) is 5.01. The number of amides is 2. The molecule has 0 saturated heterocycles. The maximum absolute atomic E-state index is 11.6. The number of nitrogens with one attached hydrogen (secondary N) is 2. The fourth-order valence-corrected chi connectivity index (χ4v) is 5.49. The van der Waals surface area contributed by atoms with E-state index in [9.17, 15) is 19.2 Å². The Kier molecular flexibility index (Phi) is 24.2. The molecular formula is C47H54N2O10. The second kappa shape index (κ2) is 29.5. The number of ether oxygens (including phenoxy) is 6. The molecule has 0 heterocycles. The molecular weight excluding hydrogens is 753 g/mol. The molecule has 2 N–H and O–H groups in total. The van der Waals surface area contributed by atoms with Gasteiger partial charge in [0, 0.05) is 30.8 Å². The van der Waals surface area contributed by atoms with E-state index in [0.717, 1.165) is 23.3 Å². The lowest BCUT2D eigenvalue weighted by Crippen LogP contribution is -2.35. The van der Waals surface area contributed by atoms with E-state index in [1.165, 1.54) is 11.8 Å². The maximum Gasteiger partial charge on any atom is 0.407 e. The first-order chi connectivity index (χ1) is 28.6. The Hall–Kier alpha value is -6.76. The highest BCUT2D eigenvalue weighted by Gasteiger charge is 2.30. The van der Waals surface area contributed by atoms with Crippen molar-refractivity contribution in [3.63, 3.8) is 0 Å². The Morgan fingerprint density at radius 1 is 0.661 bits per heavy atom. The zero-order chi connectivity index (χ0) is 43.1. The summed E-state index contributed by atoms with van der Waals surface area (Å²) >= 11 is 0. The van der Waals surface area contributed by atoms with Crippen LogP contribution in [0.2, 0.25) is 0 Å². The monoisotopic (exact) mass is 806 g/mol. The van der Waals surface area contributed by atoms with Gasteiger partial charge in [0.25, 0.3) is 0 Å². The number of aryl methyl sites for hydroxylation is 1. The smallest absolute Gasteiger partial charge is 0.407 e. The lowest BCUT2D eigenvalue weighted by Gasteiger charge is -2.18. The van der Waals surface area contributed by atoms with Crippen molar-refractivity contribution in [3.8, 4) is 58.9 Å². The highest BCUT2D eigenvalue weighted by atomic mass is 16.6. The van der Waals surface area contributed by atoms with Gasteiger partial charge in [-0.25, -0.2) is 19.2 Å². The van der Waals surface area contributed by atoms with Crippen molar-refractivity contribution < 1.29 is 47.6 Å². The van der Waals surface area contributed by atoms with Crippen molar-refractivity contribution in [2.75, 3.05) is 39.5 Å². The van der Waals surface area contributed by atoms with Crippen molar-refractivity contribution in [3.05, 3.63) is 85.0 Å². The van der Waals surface area contributed by atoms with Gasteiger partial charge >= 0.3 is 24.1 Å². The van der Waals surface area contributed by atoms with Crippen LogP contribution in [0.15, 0.2) is 73.8 Å². The second-order valence-corrected chi connectivity index (χ2v) is 13.0. The van der Waals surface area contributed by atoms with Crippen LogP contribution in [0, 0.1) is 66.1 Å². The van der Waals surface area contributed by atoms with Crippen LogP contribution < -0.4 is 20.1 Å². The fourth-order valence-electron chi connectivity index (χ4n) is 5.49. The Balaban J connectivity index is 0.000000357. The minimum Gasteiger partial charge on any atom is -0.490 e. The van der Waals surface area contributed by atoms with E-state index in [1.807, 2.05) is 31.2 Å². The number of hydrogen-bond acceptors (Lipinski definition) is 10. The van der Waals surface area contributed by atoms with Crippen molar-refractivity contribution in [2.45, 2.75) is 72.0 Å². The standard InChI is InChI=1S/C24H21NO5.C16H21NO5.C7H12/c1-4-7-8-9-10-11-12-13-20-14-16-21(17-15-20)28-18-22(19-29-23(26)5-2)30-24(27)25-6-3;1-4-15(18)21-11-14(22-16(19)17-5-2)10-20-13-8-6-12(3)7-9-13;1-2-7-4-3-6(1)5-7/h5,14-17,22H,2,6,18-19H2,1,3H3,(H,25,27);4,6-9,14H,1,5,10-11H2,2-3H3,(H,17,19);6-7H,1-5H2. The summed E-state index contributed by atoms with van der Waals surface area (Å²) in [6.45, 7) is 14.5. The quantitative estimate of drug-likeness (QED) is 0.0813. The van der Waals surface area contributed by atoms with Crippen LogP contribution in [0.4, 0.5) is 9.59 Å². The zero-order valence-electron chi connectivity index (χ0n) is 34.4. The van der Waals surface area contributed by atoms with Crippen LogP contribution in [-0.4, -0.2) is 75.9 Å². The van der Waals surface area contributed by atoms with Crippen molar-refractivity contribution in [1.82, 2.24) is 10.6 Å². The first-order valence-electron chi connectivity index (χ1n) is 19.4. The summed E-state index contributed by atoms with van der Waals surface area (Å²) in [6, 6.07) is 14.4. The zero-order valence-corrected chi connectivity index (χ0v) is 34.4. The predicted molar refractivity (Wildman–Crippen MR) is 225 cm³/mol. The maximum atomic E-state index is 11.6. The van der Waals surface area contributed by atoms with Gasteiger partial charge in [0.05, 0.1) is 0 Å². The minimum absolute atomic E-state index is 0.00260. The molecule has 0 radical (unpaired) electrons. The second-order valence-electron chi connectivity index (χ2n) is 13.0. The molecule has 2 bridgehead atoms. The summed E-state index contributed by atoms with van der Waals surface area (Å²) in [6.07, 6.45) is 7.19. The van der Waals surface area contributed by atoms with Crippen molar-refractivity contribution >= 4 is 24.1 Å². The SMILES string of the molecule is C1CC2CCC1C2.C=CC(=O)OCC(COc1ccc(C#CC#CC#CC#CC)cc1)OC(=O)NCC.C=CC(=O)OCC(COc1ccc(C)cc1)OC(=O)NCC. The number of rotatable bonds is 16. The van der Waals surface area contributed by atoms with E-state index in [2.05, 4.69) is 71.2 Å². The highest BCUT2D eigenvalue weighted by molar-refractivity contribution is 5.81. The van der Waals surface area contributed by atoms with Gasteiger partial charge in [-0.05, 0) is 118 Å². The lowest BCUT2D eigenvalue weighted by atomic mass is 10.0. The van der Waals surface area contributed by atoms with Gasteiger partial charge in [-0.15, -0.1) is 0 Å². The van der Waals surface area contributed by atoms with Crippen LogP contribution in [0.5, 0.6) is 11.5 Å². The molecule has 59 heavy (non-hydrogen) atoms. The van der Waals surface area contributed by atoms with Gasteiger partial charge in [0.2, 0.25) is 0 Å². The van der Waals surface area contributed by atoms with Crippen LogP contribution in [0.3, 0.4) is 0 Å². The number of alkyl carbamates (subject to hydrolysis) is 2. The topological polar surface area (TPSA) is 148 Å². The van der Waals surface area contributed by atoms with Gasteiger partial charge in [0.1, 0.15) is 37.9 Å². The molecule has 2 aromatic carbocycles. The number of fused-ring (bicyclic) bond motifs is 2. The predicted octanol–water partition coefficient (Wildman–Crippen LogP) is 6.71. The van der Waals surface area contributed by atoms with Crippen LogP contribution in [0.25, 0.3) is 0 Å². The molecule has 12 heteroatoms. The van der Waals surface area contributed by atoms with Gasteiger partial charge in [-0.2, -0.15) is 0 Å². The average molecular weight is 807 g/mol. The van der Waals surface area contributed by atoms with Gasteiger partial charge in [-0.3, -0.25) is 0 Å². The first-order valence-corrected chi connectivity index (χ1v) is 19.4. The molecule has 2 atom stereocenters. The Labute approximate surface area is 348 Å². The third-order valence-corrected chi connectivity index (χ3v) is 8.37. The molecule has 0 aliphatic heterocycles. The van der Waals surface area contributed by atoms with E-state index >= 15 is 0 Å². The first kappa shape index (κ1) is 48.4. The average Bonchev–Trinajstić information content (AvgIpc) is 3.91. The molecule has 2 aliphatic carbocycles. The van der Waals surface area contributed by atoms with E-state index in [4.69, 9.17) is 28.4 Å². The third kappa shape index (κ3) is 22.5. The van der Waals surface area contributed by atoms with Crippen LogP contribution in [-0.2, 0) is 28.5 Å². The molecule has 2 aliphatic rings. The molecule has 2 fully saturated rings. The molecule has 2 unspecified atom stereocenters. The summed E-state index contributed by atoms with van der Waals surface area (Å²) in [5.74, 6) is 23.4. The molecule has 0 spiro atoms. The Morgan fingerprint density at radius 3 is 1.47 bits per heavy atom. The summed E-state index contributed by atoms with van der Waals surface area (Å²) in [4.78, 5) is 45.4. The molecule has 2 aromatic rings. The number of carbonyl (C=O) groups excluding carboxylic acids is 4. The summed E-state index contributed by atoms with van der Waals surface area (Å²) in [7, 11) is 0. The van der Waals surface area contributed by atoms with Crippen LogP contribution >= 0.6 is 0 Å². The largest absolute Gasteiger partial charge is 0.490 e. The Morgan fingerprint density at radius 2 is 1.08 bits per heavy atom. The van der Waals surface area contributed by atoms with E-state index in [0.29, 0.717) is 24.6 Å². The van der Waals surface area contributed by atoms with Gasteiger partial charge in [-0.1, -0.05) is 68.4 Å². The van der Waals surface area contributed by atoms with E-state index in [1.54, 1.807) is 77.1 Å². The normalized spacial score (nSPS) is 14.6. The fraction of sp³-hybridized carbons (Fsp3) is 0.404. The molecule has 2 amide bonds. The number of esters is 2.